The van der Waals surface area contributed by atoms with Crippen molar-refractivity contribution in [2.24, 2.45) is 4.99 Å². The van der Waals surface area contributed by atoms with Crippen molar-refractivity contribution in [3.63, 3.8) is 0 Å². The highest BCUT2D eigenvalue weighted by atomic mass is 32.2. The molecule has 23 heavy (non-hydrogen) atoms. The van der Waals surface area contributed by atoms with Crippen LogP contribution in [0.2, 0.25) is 0 Å². The Bertz CT molecular complexity index is 887. The van der Waals surface area contributed by atoms with Crippen molar-refractivity contribution in [1.82, 2.24) is 0 Å². The van der Waals surface area contributed by atoms with Crippen molar-refractivity contribution in [2.75, 3.05) is 7.11 Å². The molecule has 0 unspecified atom stereocenters. The van der Waals surface area contributed by atoms with Crippen molar-refractivity contribution in [1.29, 1.82) is 0 Å². The molecule has 3 aromatic rings. The first-order valence-electron chi connectivity index (χ1n) is 7.44. The summed E-state index contributed by atoms with van der Waals surface area (Å²) in [6.07, 6.45) is 0. The van der Waals surface area contributed by atoms with Gasteiger partial charge in [-0.3, -0.25) is 0 Å². The van der Waals surface area contributed by atoms with Gasteiger partial charge < -0.3 is 4.74 Å². The van der Waals surface area contributed by atoms with Crippen LogP contribution in [0.25, 0.3) is 0 Å². The van der Waals surface area contributed by atoms with Gasteiger partial charge in [0.2, 0.25) is 0 Å². The van der Waals surface area contributed by atoms with Crippen LogP contribution in [-0.2, 0) is 0 Å². The Hall–Kier alpha value is -2.52. The fourth-order valence-electron chi connectivity index (χ4n) is 2.66. The van der Waals surface area contributed by atoms with E-state index in [1.54, 1.807) is 18.9 Å². The summed E-state index contributed by atoms with van der Waals surface area (Å²) >= 11 is 1.75. The van der Waals surface area contributed by atoms with E-state index in [9.17, 15) is 0 Å². The lowest BCUT2D eigenvalue weighted by Crippen LogP contribution is -2.04. The molecule has 1 aliphatic rings. The number of ether oxygens (including phenoxy) is 1. The van der Waals surface area contributed by atoms with E-state index in [1.165, 1.54) is 9.79 Å². The molecular weight excluding hydrogens is 302 g/mol. The number of aliphatic imine (C=N–C) groups is 1. The fourth-order valence-corrected chi connectivity index (χ4v) is 3.66. The van der Waals surface area contributed by atoms with Crippen LogP contribution in [0.1, 0.15) is 11.1 Å². The first kappa shape index (κ1) is 14.1. The fraction of sp³-hybridized carbons (Fsp3) is 0.0500. The maximum atomic E-state index is 5.42. The molecule has 3 aromatic carbocycles. The third-order valence-electron chi connectivity index (χ3n) is 3.81. The van der Waals surface area contributed by atoms with E-state index < -0.39 is 0 Å². The summed E-state index contributed by atoms with van der Waals surface area (Å²) in [6, 6.07) is 24.8. The highest BCUT2D eigenvalue weighted by Crippen LogP contribution is 2.41. The van der Waals surface area contributed by atoms with Gasteiger partial charge in [0.1, 0.15) is 5.75 Å². The second kappa shape index (κ2) is 5.94. The van der Waals surface area contributed by atoms with Gasteiger partial charge in [-0.25, -0.2) is 4.99 Å². The lowest BCUT2D eigenvalue weighted by molar-refractivity contribution is 0.414. The zero-order valence-electron chi connectivity index (χ0n) is 12.7. The SMILES string of the molecule is COc1ccc2c(c1)C(c1ccccc1)=Nc1ccccc1S2. The number of hydrogen-bond acceptors (Lipinski definition) is 3. The minimum Gasteiger partial charge on any atom is -0.497 e. The van der Waals surface area contributed by atoms with Crippen molar-refractivity contribution < 1.29 is 4.74 Å². The number of methoxy groups -OCH3 is 1. The first-order chi connectivity index (χ1) is 11.3. The number of rotatable bonds is 2. The van der Waals surface area contributed by atoms with Crippen LogP contribution in [0.4, 0.5) is 5.69 Å². The zero-order valence-corrected chi connectivity index (χ0v) is 13.5. The van der Waals surface area contributed by atoms with Crippen LogP contribution in [0.3, 0.4) is 0 Å². The average Bonchev–Trinajstić information content (AvgIpc) is 2.78. The second-order valence-electron chi connectivity index (χ2n) is 5.26. The lowest BCUT2D eigenvalue weighted by Gasteiger charge is -2.11. The van der Waals surface area contributed by atoms with Crippen LogP contribution >= 0.6 is 11.8 Å². The van der Waals surface area contributed by atoms with E-state index in [2.05, 4.69) is 42.5 Å². The number of fused-ring (bicyclic) bond motifs is 2. The minimum atomic E-state index is 0.846. The summed E-state index contributed by atoms with van der Waals surface area (Å²) in [5.41, 5.74) is 4.21. The normalized spacial score (nSPS) is 12.7. The highest BCUT2D eigenvalue weighted by Gasteiger charge is 2.19. The monoisotopic (exact) mass is 317 g/mol. The third kappa shape index (κ3) is 2.64. The Balaban J connectivity index is 1.99. The molecule has 0 aromatic heterocycles. The van der Waals surface area contributed by atoms with Crippen LogP contribution in [0.15, 0.2) is 87.6 Å². The van der Waals surface area contributed by atoms with E-state index in [0.717, 1.165) is 28.3 Å². The quantitative estimate of drug-likeness (QED) is 0.498. The van der Waals surface area contributed by atoms with Crippen LogP contribution < -0.4 is 4.74 Å². The zero-order chi connectivity index (χ0) is 15.6. The van der Waals surface area contributed by atoms with Crippen molar-refractivity contribution in [3.05, 3.63) is 83.9 Å². The molecule has 0 bridgehead atoms. The van der Waals surface area contributed by atoms with E-state index in [0.29, 0.717) is 0 Å². The smallest absolute Gasteiger partial charge is 0.119 e. The Kier molecular flexibility index (Phi) is 3.64. The van der Waals surface area contributed by atoms with Gasteiger partial charge in [-0.15, -0.1) is 0 Å². The molecule has 0 spiro atoms. The summed E-state index contributed by atoms with van der Waals surface area (Å²) in [7, 11) is 1.69. The predicted molar refractivity (Wildman–Crippen MR) is 95.3 cm³/mol. The number of nitrogens with zero attached hydrogens (tertiary/aromatic N) is 1. The molecule has 0 radical (unpaired) electrons. The third-order valence-corrected chi connectivity index (χ3v) is 4.95. The molecule has 112 valence electrons. The molecule has 4 rings (SSSR count). The van der Waals surface area contributed by atoms with Crippen LogP contribution in [0.5, 0.6) is 5.75 Å². The van der Waals surface area contributed by atoms with E-state index in [4.69, 9.17) is 9.73 Å². The number of hydrogen-bond donors (Lipinski definition) is 0. The molecule has 1 heterocycles. The van der Waals surface area contributed by atoms with Crippen LogP contribution in [-0.4, -0.2) is 12.8 Å². The van der Waals surface area contributed by atoms with E-state index >= 15 is 0 Å². The summed E-state index contributed by atoms with van der Waals surface area (Å²) < 4.78 is 5.42. The van der Waals surface area contributed by atoms with Crippen molar-refractivity contribution >= 4 is 23.2 Å². The number of para-hydroxylation sites is 1. The Morgan fingerprint density at radius 2 is 1.61 bits per heavy atom. The van der Waals surface area contributed by atoms with Gasteiger partial charge in [0, 0.05) is 20.9 Å². The molecule has 0 fully saturated rings. The molecule has 0 aliphatic carbocycles. The molecule has 0 saturated heterocycles. The molecule has 0 amide bonds. The summed E-state index contributed by atoms with van der Waals surface area (Å²) in [6.45, 7) is 0. The maximum Gasteiger partial charge on any atom is 0.119 e. The van der Waals surface area contributed by atoms with Gasteiger partial charge >= 0.3 is 0 Å². The van der Waals surface area contributed by atoms with Gasteiger partial charge in [-0.2, -0.15) is 0 Å². The Morgan fingerprint density at radius 3 is 2.43 bits per heavy atom. The van der Waals surface area contributed by atoms with Crippen molar-refractivity contribution in [3.8, 4) is 5.75 Å². The first-order valence-corrected chi connectivity index (χ1v) is 8.26. The van der Waals surface area contributed by atoms with Gasteiger partial charge in [0.25, 0.3) is 0 Å². The lowest BCUT2D eigenvalue weighted by atomic mass is 10.0. The second-order valence-corrected chi connectivity index (χ2v) is 6.34. The number of benzene rings is 3. The Labute approximate surface area is 139 Å². The highest BCUT2D eigenvalue weighted by molar-refractivity contribution is 7.99. The maximum absolute atomic E-state index is 5.42. The van der Waals surface area contributed by atoms with Gasteiger partial charge in [0.05, 0.1) is 18.5 Å². The van der Waals surface area contributed by atoms with E-state index in [1.807, 2.05) is 30.3 Å². The summed E-state index contributed by atoms with van der Waals surface area (Å²) in [4.78, 5) is 7.33. The van der Waals surface area contributed by atoms with Crippen LogP contribution in [0, 0.1) is 0 Å². The molecule has 1 aliphatic heterocycles. The summed E-state index contributed by atoms with van der Waals surface area (Å²) in [5.74, 6) is 0.846. The Morgan fingerprint density at radius 1 is 0.826 bits per heavy atom. The largest absolute Gasteiger partial charge is 0.497 e. The molecule has 2 nitrogen and oxygen atoms in total. The molecular formula is C20H15NOS. The topological polar surface area (TPSA) is 21.6 Å². The average molecular weight is 317 g/mol. The predicted octanol–water partition coefficient (Wildman–Crippen LogP) is 5.33. The summed E-state index contributed by atoms with van der Waals surface area (Å²) in [5, 5.41) is 0. The van der Waals surface area contributed by atoms with Gasteiger partial charge in [-0.05, 0) is 30.3 Å². The molecule has 3 heteroatoms. The molecule has 0 saturated carbocycles. The standard InChI is InChI=1S/C20H15NOS/c1-22-15-11-12-18-16(13-15)20(14-7-3-2-4-8-14)21-17-9-5-6-10-19(17)23-18/h2-13H,1H3. The minimum absolute atomic E-state index is 0.846. The molecule has 0 N–H and O–H groups in total. The van der Waals surface area contributed by atoms with E-state index in [-0.39, 0.29) is 0 Å². The van der Waals surface area contributed by atoms with Gasteiger partial charge in [-0.1, -0.05) is 54.2 Å². The van der Waals surface area contributed by atoms with Crippen molar-refractivity contribution in [2.45, 2.75) is 9.79 Å². The molecule has 0 atom stereocenters. The van der Waals surface area contributed by atoms with Gasteiger partial charge in [0.15, 0.2) is 0 Å².